The molecule has 2 aromatic rings. The van der Waals surface area contributed by atoms with E-state index in [0.29, 0.717) is 11.4 Å². The summed E-state index contributed by atoms with van der Waals surface area (Å²) in [5.41, 5.74) is 17.6. The Morgan fingerprint density at radius 2 is 1.13 bits per heavy atom. The molecular weight excluding hydrogens is 288 g/mol. The van der Waals surface area contributed by atoms with Crippen LogP contribution in [0.1, 0.15) is 41.5 Å². The molecule has 0 amide bonds. The molecule has 0 atom stereocenters. The number of hydrogen-bond donors (Lipinski definition) is 2. The van der Waals surface area contributed by atoms with Gasteiger partial charge in [-0.1, -0.05) is 18.6 Å². The quantitative estimate of drug-likeness (QED) is 0.567. The monoisotopic (exact) mass is 312 g/mol. The van der Waals surface area contributed by atoms with Gasteiger partial charge in [-0.2, -0.15) is 0 Å². The number of fused-ring (bicyclic) bond motifs is 2. The van der Waals surface area contributed by atoms with E-state index in [-0.39, 0.29) is 0 Å². The van der Waals surface area contributed by atoms with Crippen molar-refractivity contribution >= 4 is 11.4 Å². The van der Waals surface area contributed by atoms with Gasteiger partial charge in [-0.15, -0.1) is 0 Å². The summed E-state index contributed by atoms with van der Waals surface area (Å²) < 4.78 is 0. The van der Waals surface area contributed by atoms with E-state index in [9.17, 15) is 0 Å². The molecular formula is C19H24N2O2. The average Bonchev–Trinajstić information content (AvgIpc) is 2.58. The minimum Gasteiger partial charge on any atom is -0.398 e. The second-order valence-electron chi connectivity index (χ2n) is 6.26. The third-order valence-electron chi connectivity index (χ3n) is 4.66. The standard InChI is InChI=1S/C19H24N2O2/c1-12-16(20)10-8-14-6-4-3-5-7-15-9-11-17(21)13(2)19(15)23-22-18(12)14/h8-11H,3-7,20-21H2,1-2H3. The highest BCUT2D eigenvalue weighted by molar-refractivity contribution is 5.58. The molecule has 3 rings (SSSR count). The van der Waals surface area contributed by atoms with Crippen molar-refractivity contribution in [2.45, 2.75) is 46.0 Å². The number of aryl methyl sites for hydroxylation is 2. The Kier molecular flexibility index (Phi) is 4.33. The van der Waals surface area contributed by atoms with Crippen LogP contribution in [-0.4, -0.2) is 0 Å². The summed E-state index contributed by atoms with van der Waals surface area (Å²) in [5, 5.41) is 0. The number of anilines is 2. The van der Waals surface area contributed by atoms with Crippen LogP contribution in [0.3, 0.4) is 0 Å². The summed E-state index contributed by atoms with van der Waals surface area (Å²) in [6.07, 6.45) is 5.37. The first-order chi connectivity index (χ1) is 11.1. The lowest BCUT2D eigenvalue weighted by atomic mass is 9.99. The van der Waals surface area contributed by atoms with Gasteiger partial charge in [0.2, 0.25) is 0 Å². The highest BCUT2D eigenvalue weighted by Gasteiger charge is 2.17. The van der Waals surface area contributed by atoms with Crippen LogP contribution in [0, 0.1) is 13.8 Å². The van der Waals surface area contributed by atoms with Gasteiger partial charge in [0.05, 0.1) is 0 Å². The van der Waals surface area contributed by atoms with Crippen molar-refractivity contribution < 1.29 is 9.78 Å². The van der Waals surface area contributed by atoms with E-state index < -0.39 is 0 Å². The first-order valence-electron chi connectivity index (χ1n) is 8.18. The molecule has 0 aromatic heterocycles. The van der Waals surface area contributed by atoms with Crippen LogP contribution < -0.4 is 21.2 Å². The van der Waals surface area contributed by atoms with Crippen LogP contribution >= 0.6 is 0 Å². The fourth-order valence-electron chi connectivity index (χ4n) is 3.04. The van der Waals surface area contributed by atoms with Crippen LogP contribution in [0.25, 0.3) is 0 Å². The molecule has 4 nitrogen and oxygen atoms in total. The summed E-state index contributed by atoms with van der Waals surface area (Å²) in [6.45, 7) is 3.93. The van der Waals surface area contributed by atoms with Crippen molar-refractivity contribution in [2.75, 3.05) is 11.5 Å². The molecule has 23 heavy (non-hydrogen) atoms. The fourth-order valence-corrected chi connectivity index (χ4v) is 3.04. The van der Waals surface area contributed by atoms with Crippen LogP contribution in [0.15, 0.2) is 24.3 Å². The van der Waals surface area contributed by atoms with Crippen molar-refractivity contribution in [1.29, 1.82) is 0 Å². The molecule has 0 fully saturated rings. The molecule has 1 aliphatic rings. The van der Waals surface area contributed by atoms with Gasteiger partial charge in [-0.25, -0.2) is 0 Å². The average molecular weight is 312 g/mol. The Morgan fingerprint density at radius 1 is 0.696 bits per heavy atom. The molecule has 0 aliphatic carbocycles. The van der Waals surface area contributed by atoms with E-state index >= 15 is 0 Å². The Bertz CT molecular complexity index is 664. The second kappa shape index (κ2) is 6.41. The molecule has 0 saturated heterocycles. The molecule has 0 bridgehead atoms. The van der Waals surface area contributed by atoms with E-state index in [0.717, 1.165) is 59.4 Å². The van der Waals surface area contributed by atoms with Gasteiger partial charge in [-0.05, 0) is 62.8 Å². The van der Waals surface area contributed by atoms with Crippen LogP contribution in [0.5, 0.6) is 11.5 Å². The van der Waals surface area contributed by atoms with Crippen LogP contribution in [0.2, 0.25) is 0 Å². The highest BCUT2D eigenvalue weighted by atomic mass is 17.2. The van der Waals surface area contributed by atoms with E-state index in [2.05, 4.69) is 0 Å². The Hall–Kier alpha value is -2.36. The number of rotatable bonds is 0. The topological polar surface area (TPSA) is 70.5 Å². The third-order valence-corrected chi connectivity index (χ3v) is 4.66. The van der Waals surface area contributed by atoms with Crippen LogP contribution in [0.4, 0.5) is 11.4 Å². The zero-order chi connectivity index (χ0) is 16.4. The molecule has 1 heterocycles. The zero-order valence-electron chi connectivity index (χ0n) is 13.8. The van der Waals surface area contributed by atoms with Crippen molar-refractivity contribution in [1.82, 2.24) is 0 Å². The van der Waals surface area contributed by atoms with Gasteiger partial charge in [0.25, 0.3) is 0 Å². The Balaban J connectivity index is 2.03. The maximum Gasteiger partial charge on any atom is 0.186 e. The third kappa shape index (κ3) is 3.07. The lowest BCUT2D eigenvalue weighted by Crippen LogP contribution is -2.09. The van der Waals surface area contributed by atoms with Gasteiger partial charge in [0.1, 0.15) is 0 Å². The van der Waals surface area contributed by atoms with Crippen LogP contribution in [-0.2, 0) is 12.8 Å². The zero-order valence-corrected chi connectivity index (χ0v) is 13.8. The summed E-state index contributed by atoms with van der Waals surface area (Å²) in [7, 11) is 0. The first-order valence-corrected chi connectivity index (χ1v) is 8.18. The van der Waals surface area contributed by atoms with Crippen molar-refractivity contribution in [3.8, 4) is 11.5 Å². The van der Waals surface area contributed by atoms with Gasteiger partial charge in [0, 0.05) is 22.5 Å². The molecule has 0 spiro atoms. The van der Waals surface area contributed by atoms with Crippen molar-refractivity contribution in [3.63, 3.8) is 0 Å². The highest BCUT2D eigenvalue weighted by Crippen LogP contribution is 2.34. The smallest absolute Gasteiger partial charge is 0.186 e. The maximum atomic E-state index is 6.03. The predicted molar refractivity (Wildman–Crippen MR) is 93.7 cm³/mol. The summed E-state index contributed by atoms with van der Waals surface area (Å²) in [4.78, 5) is 11.5. The lowest BCUT2D eigenvalue weighted by molar-refractivity contribution is -0.102. The minimum atomic E-state index is 0.715. The van der Waals surface area contributed by atoms with Crippen molar-refractivity contribution in [2.24, 2.45) is 0 Å². The second-order valence-corrected chi connectivity index (χ2v) is 6.26. The SMILES string of the molecule is Cc1c(N)ccc2c1OOc1c(ccc(N)c1C)CCCCC2. The van der Waals surface area contributed by atoms with E-state index in [1.807, 2.05) is 38.1 Å². The molecule has 4 heteroatoms. The van der Waals surface area contributed by atoms with E-state index in [1.54, 1.807) is 0 Å². The lowest BCUT2D eigenvalue weighted by Gasteiger charge is -2.17. The van der Waals surface area contributed by atoms with Crippen molar-refractivity contribution in [3.05, 3.63) is 46.5 Å². The summed E-state index contributed by atoms with van der Waals surface area (Å²) in [6, 6.07) is 7.95. The van der Waals surface area contributed by atoms with Gasteiger partial charge >= 0.3 is 0 Å². The van der Waals surface area contributed by atoms with Gasteiger partial charge in [0.15, 0.2) is 11.5 Å². The summed E-state index contributed by atoms with van der Waals surface area (Å²) >= 11 is 0. The number of hydrogen-bond acceptors (Lipinski definition) is 4. The number of nitrogen functional groups attached to an aromatic ring is 2. The molecule has 2 aromatic carbocycles. The molecule has 0 saturated carbocycles. The predicted octanol–water partition coefficient (Wildman–Crippen LogP) is 4.11. The normalized spacial score (nSPS) is 14.7. The molecule has 4 N–H and O–H groups in total. The molecule has 0 unspecified atom stereocenters. The number of nitrogens with two attached hydrogens (primary N) is 2. The van der Waals surface area contributed by atoms with Gasteiger partial charge in [-0.3, -0.25) is 9.78 Å². The van der Waals surface area contributed by atoms with Gasteiger partial charge < -0.3 is 11.5 Å². The fraction of sp³-hybridized carbons (Fsp3) is 0.368. The summed E-state index contributed by atoms with van der Waals surface area (Å²) in [5.74, 6) is 1.47. The van der Waals surface area contributed by atoms with E-state index in [1.165, 1.54) is 6.42 Å². The molecule has 1 aliphatic heterocycles. The molecule has 122 valence electrons. The molecule has 0 radical (unpaired) electrons. The Morgan fingerprint density at radius 3 is 1.57 bits per heavy atom. The Labute approximate surface area is 137 Å². The van der Waals surface area contributed by atoms with E-state index in [4.69, 9.17) is 21.2 Å². The first kappa shape index (κ1) is 15.5. The minimum absolute atomic E-state index is 0.715. The maximum absolute atomic E-state index is 6.03. The largest absolute Gasteiger partial charge is 0.398 e. The number of benzene rings is 2.